The Morgan fingerprint density at radius 3 is 2.48 bits per heavy atom. The Morgan fingerprint density at radius 2 is 1.90 bits per heavy atom. The van der Waals surface area contributed by atoms with Gasteiger partial charge in [0.2, 0.25) is 10.0 Å². The van der Waals surface area contributed by atoms with Gasteiger partial charge in [-0.15, -0.1) is 0 Å². The molecule has 21 heavy (non-hydrogen) atoms. The van der Waals surface area contributed by atoms with Crippen molar-refractivity contribution in [3.05, 3.63) is 29.6 Å². The summed E-state index contributed by atoms with van der Waals surface area (Å²) < 4.78 is 60.9. The molecule has 6 nitrogen and oxygen atoms in total. The quantitative estimate of drug-likeness (QED) is 0.735. The Labute approximate surface area is 123 Å². The maximum Gasteiger partial charge on any atom is 0.233 e. The third-order valence-corrected chi connectivity index (χ3v) is 4.76. The number of sulfonamides is 1. The monoisotopic (exact) mass is 335 g/mol. The van der Waals surface area contributed by atoms with E-state index in [0.717, 1.165) is 18.4 Å². The molecule has 0 saturated heterocycles. The Balaban J connectivity index is 2.92. The lowest BCUT2D eigenvalue weighted by atomic mass is 10.2. The maximum atomic E-state index is 13.4. The molecule has 9 heteroatoms. The zero-order valence-electron chi connectivity index (χ0n) is 11.1. The van der Waals surface area contributed by atoms with Gasteiger partial charge in [-0.05, 0) is 18.2 Å². The summed E-state index contributed by atoms with van der Waals surface area (Å²) in [4.78, 5) is 0. The molecule has 0 aromatic heterocycles. The highest BCUT2D eigenvalue weighted by Gasteiger charge is 2.15. The first kappa shape index (κ1) is 17.4. The third kappa shape index (κ3) is 6.57. The minimum absolute atomic E-state index is 0.0622. The molecule has 1 rings (SSSR count). The highest BCUT2D eigenvalue weighted by molar-refractivity contribution is 7.95. The van der Waals surface area contributed by atoms with Crippen molar-refractivity contribution in [2.75, 3.05) is 29.1 Å². The van der Waals surface area contributed by atoms with E-state index in [-0.39, 0.29) is 11.3 Å². The van der Waals surface area contributed by atoms with E-state index in [2.05, 4.69) is 16.6 Å². The Morgan fingerprint density at radius 1 is 1.24 bits per heavy atom. The van der Waals surface area contributed by atoms with E-state index >= 15 is 0 Å². The van der Waals surface area contributed by atoms with Crippen LogP contribution in [0, 0.1) is 17.7 Å². The summed E-state index contributed by atoms with van der Waals surface area (Å²) in [5, 5.41) is 8.56. The van der Waals surface area contributed by atoms with E-state index in [4.69, 9.17) is 5.11 Å². The van der Waals surface area contributed by atoms with Gasteiger partial charge in [0.1, 0.15) is 22.3 Å². The standard InChI is InChI=1S/C12H14FNO5S2/c1-20(16,17)7-8-21(18,19)14-11-4-5-12(13)10(9-11)3-2-6-15/h4-5,9,14-15H,6-8H2,1H3. The first-order chi connectivity index (χ1) is 9.63. The van der Waals surface area contributed by atoms with Gasteiger partial charge in [-0.1, -0.05) is 11.8 Å². The summed E-state index contributed by atoms with van der Waals surface area (Å²) in [6.07, 6.45) is 0.934. The molecular formula is C12H14FNO5S2. The van der Waals surface area contributed by atoms with Crippen LogP contribution in [0.3, 0.4) is 0 Å². The zero-order chi connectivity index (χ0) is 16.1. The Bertz CT molecular complexity index is 776. The minimum Gasteiger partial charge on any atom is -0.384 e. The van der Waals surface area contributed by atoms with Crippen LogP contribution in [0.25, 0.3) is 0 Å². The van der Waals surface area contributed by atoms with Crippen LogP contribution in [0.4, 0.5) is 10.1 Å². The molecule has 2 N–H and O–H groups in total. The molecule has 0 aliphatic carbocycles. The molecule has 0 bridgehead atoms. The minimum atomic E-state index is -3.87. The summed E-state index contributed by atoms with van der Waals surface area (Å²) in [6.45, 7) is -0.455. The number of aliphatic hydroxyl groups excluding tert-OH is 1. The molecule has 1 aromatic rings. The van der Waals surface area contributed by atoms with Crippen LogP contribution in [0.2, 0.25) is 0 Å². The second-order valence-electron chi connectivity index (χ2n) is 4.21. The second kappa shape index (κ2) is 6.89. The van der Waals surface area contributed by atoms with Crippen molar-refractivity contribution < 1.29 is 26.3 Å². The second-order valence-corrected chi connectivity index (χ2v) is 8.31. The van der Waals surface area contributed by atoms with Crippen molar-refractivity contribution in [1.82, 2.24) is 0 Å². The number of nitrogens with one attached hydrogen (secondary N) is 1. The summed E-state index contributed by atoms with van der Waals surface area (Å²) in [5.41, 5.74) is -0.0143. The highest BCUT2D eigenvalue weighted by Crippen LogP contribution is 2.15. The van der Waals surface area contributed by atoms with Gasteiger partial charge >= 0.3 is 0 Å². The molecule has 0 radical (unpaired) electrons. The van der Waals surface area contributed by atoms with E-state index in [0.29, 0.717) is 0 Å². The van der Waals surface area contributed by atoms with Crippen LogP contribution in [0.5, 0.6) is 0 Å². The lowest BCUT2D eigenvalue weighted by molar-refractivity contribution is 0.350. The number of sulfone groups is 1. The van der Waals surface area contributed by atoms with Crippen molar-refractivity contribution in [2.24, 2.45) is 0 Å². The lowest BCUT2D eigenvalue weighted by Crippen LogP contribution is -2.22. The first-order valence-corrected chi connectivity index (χ1v) is 9.42. The fourth-order valence-corrected chi connectivity index (χ4v) is 3.99. The molecule has 0 fully saturated rings. The number of anilines is 1. The number of halogens is 1. The van der Waals surface area contributed by atoms with Crippen LogP contribution in [0.15, 0.2) is 18.2 Å². The van der Waals surface area contributed by atoms with Crippen molar-refractivity contribution in [3.63, 3.8) is 0 Å². The molecule has 1 aromatic carbocycles. The topological polar surface area (TPSA) is 101 Å². The molecule has 0 saturated carbocycles. The molecule has 0 spiro atoms. The largest absolute Gasteiger partial charge is 0.384 e. The fourth-order valence-electron chi connectivity index (χ4n) is 1.31. The van der Waals surface area contributed by atoms with E-state index in [9.17, 15) is 21.2 Å². The predicted molar refractivity (Wildman–Crippen MR) is 77.5 cm³/mol. The molecule has 0 aliphatic heterocycles. The molecule has 0 aliphatic rings. The molecule has 0 amide bonds. The summed E-state index contributed by atoms with van der Waals surface area (Å²) in [6, 6.07) is 3.38. The number of benzene rings is 1. The first-order valence-electron chi connectivity index (χ1n) is 5.70. The molecule has 0 unspecified atom stereocenters. The summed E-state index contributed by atoms with van der Waals surface area (Å²) >= 11 is 0. The van der Waals surface area contributed by atoms with Crippen molar-refractivity contribution in [2.45, 2.75) is 0 Å². The van der Waals surface area contributed by atoms with Gasteiger partial charge in [0.15, 0.2) is 0 Å². The van der Waals surface area contributed by atoms with E-state index in [1.54, 1.807) is 0 Å². The fraction of sp³-hybridized carbons (Fsp3) is 0.333. The van der Waals surface area contributed by atoms with Gasteiger partial charge in [0.05, 0.1) is 17.1 Å². The Kier molecular flexibility index (Phi) is 5.71. The molecule has 0 atom stereocenters. The number of hydrogen-bond acceptors (Lipinski definition) is 5. The van der Waals surface area contributed by atoms with Crippen molar-refractivity contribution in [3.8, 4) is 11.8 Å². The van der Waals surface area contributed by atoms with E-state index < -0.39 is 43.8 Å². The predicted octanol–water partition coefficient (Wildman–Crippen LogP) is -0.0442. The summed E-state index contributed by atoms with van der Waals surface area (Å²) in [7, 11) is -7.27. The molecular weight excluding hydrogens is 321 g/mol. The van der Waals surface area contributed by atoms with Gasteiger partial charge in [-0.25, -0.2) is 21.2 Å². The number of hydrogen-bond donors (Lipinski definition) is 2. The van der Waals surface area contributed by atoms with E-state index in [1.807, 2.05) is 0 Å². The van der Waals surface area contributed by atoms with Gasteiger partial charge in [0.25, 0.3) is 0 Å². The molecule has 0 heterocycles. The smallest absolute Gasteiger partial charge is 0.233 e. The van der Waals surface area contributed by atoms with Gasteiger partial charge in [0, 0.05) is 11.9 Å². The number of aliphatic hydroxyl groups is 1. The van der Waals surface area contributed by atoms with Crippen LogP contribution >= 0.6 is 0 Å². The lowest BCUT2D eigenvalue weighted by Gasteiger charge is -2.08. The zero-order valence-corrected chi connectivity index (χ0v) is 12.8. The maximum absolute atomic E-state index is 13.4. The van der Waals surface area contributed by atoms with Gasteiger partial charge in [-0.2, -0.15) is 0 Å². The number of rotatable bonds is 5. The van der Waals surface area contributed by atoms with Crippen LogP contribution in [-0.2, 0) is 19.9 Å². The van der Waals surface area contributed by atoms with Crippen molar-refractivity contribution >= 4 is 25.5 Å². The van der Waals surface area contributed by atoms with Crippen LogP contribution < -0.4 is 4.72 Å². The van der Waals surface area contributed by atoms with E-state index in [1.165, 1.54) is 6.07 Å². The summed E-state index contributed by atoms with van der Waals surface area (Å²) in [5.74, 6) is 2.82. The van der Waals surface area contributed by atoms with Gasteiger partial charge in [-0.3, -0.25) is 4.72 Å². The van der Waals surface area contributed by atoms with Crippen LogP contribution in [-0.4, -0.2) is 46.3 Å². The Hall–Kier alpha value is -1.63. The highest BCUT2D eigenvalue weighted by atomic mass is 32.2. The normalized spacial score (nSPS) is 11.6. The average molecular weight is 335 g/mol. The van der Waals surface area contributed by atoms with Crippen molar-refractivity contribution in [1.29, 1.82) is 0 Å². The SMILES string of the molecule is CS(=O)(=O)CCS(=O)(=O)Nc1ccc(F)c(C#CCO)c1. The van der Waals surface area contributed by atoms with Gasteiger partial charge < -0.3 is 5.11 Å². The molecule has 116 valence electrons. The van der Waals surface area contributed by atoms with Crippen LogP contribution in [0.1, 0.15) is 5.56 Å². The average Bonchev–Trinajstić information content (AvgIpc) is 2.36. The third-order valence-electron chi connectivity index (χ3n) is 2.26.